The zero-order chi connectivity index (χ0) is 20.7. The number of nitrogens with one attached hydrogen (secondary N) is 1. The van der Waals surface area contributed by atoms with Crippen LogP contribution in [-0.4, -0.2) is 52.9 Å². The van der Waals surface area contributed by atoms with E-state index in [0.717, 1.165) is 24.5 Å². The van der Waals surface area contributed by atoms with Gasteiger partial charge < -0.3 is 10.4 Å². The number of aliphatic hydroxyl groups is 1. The Morgan fingerprint density at radius 3 is 2.53 bits per heavy atom. The molecule has 9 nitrogen and oxygen atoms in total. The van der Waals surface area contributed by atoms with Crippen LogP contribution in [0.1, 0.15) is 12.8 Å². The lowest BCUT2D eigenvalue weighted by molar-refractivity contribution is -0.00627. The van der Waals surface area contributed by atoms with Crippen LogP contribution in [-0.2, 0) is 6.54 Å². The maximum absolute atomic E-state index is 12.9. The van der Waals surface area contributed by atoms with Crippen LogP contribution in [0.25, 0.3) is 22.4 Å². The number of fused-ring (bicyclic) bond motifs is 1. The van der Waals surface area contributed by atoms with Crippen molar-refractivity contribution in [2.75, 3.05) is 13.1 Å². The van der Waals surface area contributed by atoms with E-state index in [9.17, 15) is 9.90 Å². The number of hydrogen-bond acceptors (Lipinski definition) is 6. The van der Waals surface area contributed by atoms with Gasteiger partial charge in [0.25, 0.3) is 5.56 Å². The van der Waals surface area contributed by atoms with Crippen molar-refractivity contribution in [2.45, 2.75) is 25.0 Å². The Kier molecular flexibility index (Phi) is 4.65. The van der Waals surface area contributed by atoms with E-state index in [4.69, 9.17) is 11.6 Å². The van der Waals surface area contributed by atoms with Gasteiger partial charge in [-0.1, -0.05) is 11.6 Å². The second-order valence-corrected chi connectivity index (χ2v) is 8.00. The molecule has 0 unspecified atom stereocenters. The summed E-state index contributed by atoms with van der Waals surface area (Å²) < 4.78 is 4.78. The fraction of sp³-hybridized carbons (Fsp3) is 0.300. The van der Waals surface area contributed by atoms with Crippen LogP contribution >= 0.6 is 11.6 Å². The smallest absolute Gasteiger partial charge is 0.264 e. The zero-order valence-electron chi connectivity index (χ0n) is 16.1. The molecule has 1 saturated heterocycles. The van der Waals surface area contributed by atoms with Crippen molar-refractivity contribution in [3.05, 3.63) is 64.6 Å². The summed E-state index contributed by atoms with van der Waals surface area (Å²) in [5.74, 6) is 0. The van der Waals surface area contributed by atoms with Crippen molar-refractivity contribution < 1.29 is 5.11 Å². The molecular formula is C20H20ClN7O2. The molecule has 0 atom stereocenters. The van der Waals surface area contributed by atoms with Gasteiger partial charge in [-0.05, 0) is 50.2 Å². The highest BCUT2D eigenvalue weighted by atomic mass is 35.5. The Morgan fingerprint density at radius 2 is 1.83 bits per heavy atom. The van der Waals surface area contributed by atoms with Gasteiger partial charge in [0.15, 0.2) is 5.65 Å². The highest BCUT2D eigenvalue weighted by molar-refractivity contribution is 6.30. The quantitative estimate of drug-likeness (QED) is 0.514. The molecule has 4 aromatic rings. The largest absolute Gasteiger partial charge is 0.388 e. The Balaban J connectivity index is 1.46. The van der Waals surface area contributed by atoms with Crippen LogP contribution in [0.3, 0.4) is 0 Å². The van der Waals surface area contributed by atoms with E-state index in [1.54, 1.807) is 21.8 Å². The van der Waals surface area contributed by atoms with Crippen molar-refractivity contribution in [2.24, 2.45) is 0 Å². The molecule has 2 N–H and O–H groups in total. The minimum Gasteiger partial charge on any atom is -0.388 e. The normalized spacial score (nSPS) is 16.2. The number of benzene rings is 1. The highest BCUT2D eigenvalue weighted by Crippen LogP contribution is 2.21. The molecule has 0 saturated carbocycles. The van der Waals surface area contributed by atoms with Crippen LogP contribution in [0, 0.1) is 0 Å². The molecule has 1 fully saturated rings. The number of nitrogens with zero attached hydrogens (tertiary/aromatic N) is 6. The van der Waals surface area contributed by atoms with Gasteiger partial charge in [0.2, 0.25) is 0 Å². The molecule has 10 heteroatoms. The lowest BCUT2D eigenvalue weighted by atomic mass is 9.92. The van der Waals surface area contributed by atoms with Crippen molar-refractivity contribution in [1.29, 1.82) is 0 Å². The van der Waals surface area contributed by atoms with Crippen LogP contribution < -0.4 is 10.9 Å². The Hall–Kier alpha value is -3.01. The number of piperidine rings is 1. The molecule has 5 rings (SSSR count). The van der Waals surface area contributed by atoms with Crippen molar-refractivity contribution in [1.82, 2.24) is 34.4 Å². The minimum absolute atomic E-state index is 0.207. The number of rotatable bonds is 4. The molecule has 0 radical (unpaired) electrons. The predicted octanol–water partition coefficient (Wildman–Crippen LogP) is 1.54. The van der Waals surface area contributed by atoms with E-state index in [2.05, 4.69) is 20.5 Å². The monoisotopic (exact) mass is 425 g/mol. The molecule has 0 amide bonds. The third-order valence-corrected chi connectivity index (χ3v) is 5.66. The summed E-state index contributed by atoms with van der Waals surface area (Å²) in [6, 6.07) is 7.53. The summed E-state index contributed by atoms with van der Waals surface area (Å²) in [6.45, 7) is 1.70. The summed E-state index contributed by atoms with van der Waals surface area (Å²) in [6.07, 6.45) is 7.51. The van der Waals surface area contributed by atoms with Crippen LogP contribution in [0.15, 0.2) is 54.0 Å². The molecule has 1 aliphatic heterocycles. The first-order valence-corrected chi connectivity index (χ1v) is 10.1. The lowest BCUT2D eigenvalue weighted by Gasteiger charge is -2.32. The maximum atomic E-state index is 12.9. The van der Waals surface area contributed by atoms with Crippen molar-refractivity contribution in [3.8, 4) is 11.4 Å². The molecule has 0 aliphatic carbocycles. The lowest BCUT2D eigenvalue weighted by Crippen LogP contribution is -2.46. The standard InChI is InChI=1S/C20H20ClN7O2/c21-14-9-24-27(11-14)15-1-3-16(4-2-15)28-18-17(10-25-28)19(29)26(13-23-18)12-20(30)5-7-22-8-6-20/h1-4,9-11,13,22,30H,5-8,12H2. The van der Waals surface area contributed by atoms with Gasteiger partial charge in [-0.25, -0.2) is 14.3 Å². The minimum atomic E-state index is -0.897. The topological polar surface area (TPSA) is 103 Å². The van der Waals surface area contributed by atoms with E-state index in [0.29, 0.717) is 28.9 Å². The first-order chi connectivity index (χ1) is 14.5. The molecule has 1 aliphatic rings. The van der Waals surface area contributed by atoms with E-state index in [1.807, 2.05) is 24.3 Å². The third kappa shape index (κ3) is 3.41. The van der Waals surface area contributed by atoms with Gasteiger partial charge >= 0.3 is 0 Å². The van der Waals surface area contributed by atoms with Crippen molar-refractivity contribution >= 4 is 22.6 Å². The van der Waals surface area contributed by atoms with Gasteiger partial charge in [-0.15, -0.1) is 0 Å². The Morgan fingerprint density at radius 1 is 1.10 bits per heavy atom. The van der Waals surface area contributed by atoms with E-state index >= 15 is 0 Å². The fourth-order valence-corrected chi connectivity index (χ4v) is 3.94. The number of hydrogen-bond donors (Lipinski definition) is 2. The van der Waals surface area contributed by atoms with Crippen LogP contribution in [0.5, 0.6) is 0 Å². The third-order valence-electron chi connectivity index (χ3n) is 5.46. The van der Waals surface area contributed by atoms with Crippen LogP contribution in [0.4, 0.5) is 0 Å². The molecular weight excluding hydrogens is 406 g/mol. The zero-order valence-corrected chi connectivity index (χ0v) is 16.8. The van der Waals surface area contributed by atoms with Gasteiger partial charge in [-0.2, -0.15) is 10.2 Å². The fourth-order valence-electron chi connectivity index (χ4n) is 3.81. The summed E-state index contributed by atoms with van der Waals surface area (Å²) in [4.78, 5) is 17.4. The maximum Gasteiger partial charge on any atom is 0.264 e. The molecule has 1 aromatic carbocycles. The highest BCUT2D eigenvalue weighted by Gasteiger charge is 2.30. The number of halogens is 1. The van der Waals surface area contributed by atoms with Gasteiger partial charge in [-0.3, -0.25) is 9.36 Å². The second kappa shape index (κ2) is 7.35. The van der Waals surface area contributed by atoms with Gasteiger partial charge in [0.05, 0.1) is 40.9 Å². The molecule has 3 aromatic heterocycles. The van der Waals surface area contributed by atoms with Crippen molar-refractivity contribution in [3.63, 3.8) is 0 Å². The summed E-state index contributed by atoms with van der Waals surface area (Å²) in [7, 11) is 0. The van der Waals surface area contributed by atoms with E-state index in [-0.39, 0.29) is 12.1 Å². The first kappa shape index (κ1) is 19.0. The van der Waals surface area contributed by atoms with Gasteiger partial charge in [0.1, 0.15) is 11.7 Å². The molecule has 4 heterocycles. The Bertz CT molecular complexity index is 1250. The summed E-state index contributed by atoms with van der Waals surface area (Å²) in [5, 5.41) is 23.5. The van der Waals surface area contributed by atoms with Gasteiger partial charge in [0, 0.05) is 6.20 Å². The van der Waals surface area contributed by atoms with Crippen LogP contribution in [0.2, 0.25) is 5.02 Å². The summed E-state index contributed by atoms with van der Waals surface area (Å²) >= 11 is 5.93. The predicted molar refractivity (Wildman–Crippen MR) is 112 cm³/mol. The number of aromatic nitrogens is 6. The molecule has 154 valence electrons. The first-order valence-electron chi connectivity index (χ1n) is 9.70. The second-order valence-electron chi connectivity index (χ2n) is 7.57. The molecule has 0 spiro atoms. The average Bonchev–Trinajstić information content (AvgIpc) is 3.37. The SMILES string of the molecule is O=c1c2cnn(-c3ccc(-n4cc(Cl)cn4)cc3)c2ncn1CC1(O)CCNCC1. The summed E-state index contributed by atoms with van der Waals surface area (Å²) in [5.41, 5.74) is 0.997. The van der Waals surface area contributed by atoms with E-state index in [1.165, 1.54) is 17.1 Å². The molecule has 30 heavy (non-hydrogen) atoms. The average molecular weight is 426 g/mol. The Labute approximate surface area is 176 Å². The molecule has 0 bridgehead atoms. The van der Waals surface area contributed by atoms with E-state index < -0.39 is 5.60 Å².